The van der Waals surface area contributed by atoms with Crippen molar-refractivity contribution in [3.63, 3.8) is 0 Å². The molecule has 1 saturated carbocycles. The lowest BCUT2D eigenvalue weighted by Crippen LogP contribution is -2.43. The predicted octanol–water partition coefficient (Wildman–Crippen LogP) is 3.29. The van der Waals surface area contributed by atoms with Crippen molar-refractivity contribution >= 4 is 0 Å². The summed E-state index contributed by atoms with van der Waals surface area (Å²) in [5.74, 6) is 1.90. The first-order chi connectivity index (χ1) is 9.74. The zero-order valence-corrected chi connectivity index (χ0v) is 12.9. The van der Waals surface area contributed by atoms with Gasteiger partial charge in [0.2, 0.25) is 0 Å². The van der Waals surface area contributed by atoms with E-state index in [-0.39, 0.29) is 0 Å². The number of fused-ring (bicyclic) bond motifs is 1. The van der Waals surface area contributed by atoms with Gasteiger partial charge in [-0.05, 0) is 50.6 Å². The van der Waals surface area contributed by atoms with Crippen molar-refractivity contribution in [3.8, 4) is 0 Å². The van der Waals surface area contributed by atoms with E-state index in [0.717, 1.165) is 18.4 Å². The van der Waals surface area contributed by atoms with Gasteiger partial charge in [-0.3, -0.25) is 4.90 Å². The third-order valence-electron chi connectivity index (χ3n) is 5.27. The van der Waals surface area contributed by atoms with Crippen LogP contribution in [0.15, 0.2) is 30.3 Å². The first-order valence-electron chi connectivity index (χ1n) is 8.25. The zero-order chi connectivity index (χ0) is 13.9. The third kappa shape index (κ3) is 3.07. The highest BCUT2D eigenvalue weighted by atomic mass is 15.2. The average Bonchev–Trinajstić information content (AvgIpc) is 3.04. The second kappa shape index (κ2) is 6.28. The summed E-state index contributed by atoms with van der Waals surface area (Å²) in [6.45, 7) is 8.18. The highest BCUT2D eigenvalue weighted by Crippen LogP contribution is 2.38. The standard InChI is InChI=1S/C18H28N2/c1-14(2)20(12-15-7-4-3-5-8-15)13-18-17-10-6-9-16(17)11-19-18/h3-5,7-8,14,16-19H,6,9-13H2,1-2H3. The van der Waals surface area contributed by atoms with Crippen molar-refractivity contribution < 1.29 is 0 Å². The highest BCUT2D eigenvalue weighted by Gasteiger charge is 2.39. The number of rotatable bonds is 5. The van der Waals surface area contributed by atoms with E-state index in [1.54, 1.807) is 0 Å². The smallest absolute Gasteiger partial charge is 0.0237 e. The molecule has 0 amide bonds. The van der Waals surface area contributed by atoms with E-state index in [2.05, 4.69) is 54.4 Å². The summed E-state index contributed by atoms with van der Waals surface area (Å²) < 4.78 is 0. The molecule has 2 aliphatic rings. The fourth-order valence-corrected chi connectivity index (χ4v) is 4.03. The van der Waals surface area contributed by atoms with Gasteiger partial charge in [-0.25, -0.2) is 0 Å². The topological polar surface area (TPSA) is 15.3 Å². The van der Waals surface area contributed by atoms with Gasteiger partial charge >= 0.3 is 0 Å². The molecule has 2 heteroatoms. The van der Waals surface area contributed by atoms with Crippen LogP contribution >= 0.6 is 0 Å². The minimum Gasteiger partial charge on any atom is -0.312 e. The Balaban J connectivity index is 1.63. The summed E-state index contributed by atoms with van der Waals surface area (Å²) in [6, 6.07) is 12.2. The quantitative estimate of drug-likeness (QED) is 0.885. The summed E-state index contributed by atoms with van der Waals surface area (Å²) in [4.78, 5) is 2.63. The molecule has 3 unspecified atom stereocenters. The van der Waals surface area contributed by atoms with Gasteiger partial charge in [0, 0.05) is 25.2 Å². The van der Waals surface area contributed by atoms with Crippen molar-refractivity contribution in [3.05, 3.63) is 35.9 Å². The molecule has 1 heterocycles. The largest absolute Gasteiger partial charge is 0.312 e. The summed E-state index contributed by atoms with van der Waals surface area (Å²) in [6.07, 6.45) is 4.35. The molecule has 1 saturated heterocycles. The Bertz CT molecular complexity index is 415. The van der Waals surface area contributed by atoms with E-state index in [4.69, 9.17) is 0 Å². The molecule has 1 aromatic carbocycles. The molecule has 1 aliphatic heterocycles. The molecule has 2 nitrogen and oxygen atoms in total. The van der Waals surface area contributed by atoms with Crippen molar-refractivity contribution in [2.75, 3.05) is 13.1 Å². The fourth-order valence-electron chi connectivity index (χ4n) is 4.03. The maximum atomic E-state index is 3.79. The Kier molecular flexibility index (Phi) is 4.42. The van der Waals surface area contributed by atoms with Gasteiger partial charge < -0.3 is 5.32 Å². The van der Waals surface area contributed by atoms with Gasteiger partial charge in [0.15, 0.2) is 0 Å². The summed E-state index contributed by atoms with van der Waals surface area (Å²) >= 11 is 0. The van der Waals surface area contributed by atoms with Crippen LogP contribution in [0, 0.1) is 11.8 Å². The molecule has 3 atom stereocenters. The van der Waals surface area contributed by atoms with Gasteiger partial charge in [0.05, 0.1) is 0 Å². The van der Waals surface area contributed by atoms with Crippen LogP contribution in [0.3, 0.4) is 0 Å². The minimum absolute atomic E-state index is 0.609. The van der Waals surface area contributed by atoms with E-state index in [0.29, 0.717) is 12.1 Å². The van der Waals surface area contributed by atoms with Crippen LogP contribution in [0.5, 0.6) is 0 Å². The van der Waals surface area contributed by atoms with Crippen molar-refractivity contribution in [2.45, 2.75) is 51.7 Å². The molecule has 1 aliphatic carbocycles. The molecule has 1 N–H and O–H groups in total. The molecule has 20 heavy (non-hydrogen) atoms. The van der Waals surface area contributed by atoms with Gasteiger partial charge in [0.1, 0.15) is 0 Å². The molecular formula is C18H28N2. The predicted molar refractivity (Wildman–Crippen MR) is 84.6 cm³/mol. The van der Waals surface area contributed by atoms with Crippen LogP contribution in [0.2, 0.25) is 0 Å². The Morgan fingerprint density at radius 2 is 2.00 bits per heavy atom. The summed E-state index contributed by atoms with van der Waals surface area (Å²) in [5.41, 5.74) is 1.43. The third-order valence-corrected chi connectivity index (χ3v) is 5.27. The summed E-state index contributed by atoms with van der Waals surface area (Å²) in [7, 11) is 0. The lowest BCUT2D eigenvalue weighted by molar-refractivity contribution is 0.178. The van der Waals surface area contributed by atoms with E-state index in [1.807, 2.05) is 0 Å². The molecule has 0 spiro atoms. The molecule has 0 bridgehead atoms. The van der Waals surface area contributed by atoms with Crippen LogP contribution in [0.4, 0.5) is 0 Å². The van der Waals surface area contributed by atoms with Crippen LogP contribution < -0.4 is 5.32 Å². The van der Waals surface area contributed by atoms with E-state index >= 15 is 0 Å². The Hall–Kier alpha value is -0.860. The maximum absolute atomic E-state index is 3.79. The van der Waals surface area contributed by atoms with Crippen LogP contribution in [0.25, 0.3) is 0 Å². The van der Waals surface area contributed by atoms with E-state index in [9.17, 15) is 0 Å². The van der Waals surface area contributed by atoms with Crippen molar-refractivity contribution in [2.24, 2.45) is 11.8 Å². The molecule has 0 radical (unpaired) electrons. The SMILES string of the molecule is CC(C)N(Cc1ccccc1)CC1NCC2CCCC21. The van der Waals surface area contributed by atoms with E-state index < -0.39 is 0 Å². The van der Waals surface area contributed by atoms with Gasteiger partial charge in [-0.1, -0.05) is 36.8 Å². The lowest BCUT2D eigenvalue weighted by atomic mass is 9.93. The molecule has 2 fully saturated rings. The Labute approximate surface area is 123 Å². The number of hydrogen-bond donors (Lipinski definition) is 1. The van der Waals surface area contributed by atoms with Gasteiger partial charge in [-0.2, -0.15) is 0 Å². The zero-order valence-electron chi connectivity index (χ0n) is 12.9. The maximum Gasteiger partial charge on any atom is 0.0237 e. The molecule has 1 aromatic rings. The number of hydrogen-bond acceptors (Lipinski definition) is 2. The van der Waals surface area contributed by atoms with Gasteiger partial charge in [0.25, 0.3) is 0 Å². The van der Waals surface area contributed by atoms with Crippen molar-refractivity contribution in [1.29, 1.82) is 0 Å². The highest BCUT2D eigenvalue weighted by molar-refractivity contribution is 5.14. The number of benzene rings is 1. The first-order valence-corrected chi connectivity index (χ1v) is 8.25. The lowest BCUT2D eigenvalue weighted by Gasteiger charge is -2.31. The van der Waals surface area contributed by atoms with Crippen LogP contribution in [-0.2, 0) is 6.54 Å². The minimum atomic E-state index is 0.609. The summed E-state index contributed by atoms with van der Waals surface area (Å²) in [5, 5.41) is 3.79. The van der Waals surface area contributed by atoms with Gasteiger partial charge in [-0.15, -0.1) is 0 Å². The first kappa shape index (κ1) is 14.1. The number of nitrogens with zero attached hydrogens (tertiary/aromatic N) is 1. The monoisotopic (exact) mass is 272 g/mol. The molecule has 0 aromatic heterocycles. The number of nitrogens with one attached hydrogen (secondary N) is 1. The van der Waals surface area contributed by atoms with E-state index in [1.165, 1.54) is 37.9 Å². The Morgan fingerprint density at radius 1 is 1.20 bits per heavy atom. The average molecular weight is 272 g/mol. The fraction of sp³-hybridized carbons (Fsp3) is 0.667. The second-order valence-electron chi connectivity index (χ2n) is 6.88. The molecule has 110 valence electrons. The van der Waals surface area contributed by atoms with Crippen molar-refractivity contribution in [1.82, 2.24) is 10.2 Å². The normalized spacial score (nSPS) is 29.3. The molecule has 3 rings (SSSR count). The Morgan fingerprint density at radius 3 is 2.75 bits per heavy atom. The van der Waals surface area contributed by atoms with Crippen LogP contribution in [-0.4, -0.2) is 30.1 Å². The second-order valence-corrected chi connectivity index (χ2v) is 6.88. The van der Waals surface area contributed by atoms with Crippen LogP contribution in [0.1, 0.15) is 38.7 Å². The molecular weight excluding hydrogens is 244 g/mol.